The van der Waals surface area contributed by atoms with Gasteiger partial charge < -0.3 is 20.3 Å². The number of rotatable bonds is 8. The van der Waals surface area contributed by atoms with Crippen LogP contribution in [0.1, 0.15) is 12.8 Å². The highest BCUT2D eigenvalue weighted by atomic mass is 19.4. The molecule has 3 saturated heterocycles. The van der Waals surface area contributed by atoms with Crippen molar-refractivity contribution in [1.29, 1.82) is 0 Å². The van der Waals surface area contributed by atoms with Crippen molar-refractivity contribution in [1.82, 2.24) is 15.1 Å². The maximum atomic E-state index is 12.2. The number of piperidine rings is 3. The van der Waals surface area contributed by atoms with Gasteiger partial charge in [0, 0.05) is 37.9 Å². The summed E-state index contributed by atoms with van der Waals surface area (Å²) in [5, 5.41) is 5.53. The van der Waals surface area contributed by atoms with Gasteiger partial charge in [0.2, 0.25) is 0 Å². The Morgan fingerprint density at radius 1 is 1.37 bits per heavy atom. The zero-order valence-corrected chi connectivity index (χ0v) is 17.1. The molecule has 0 aromatic heterocycles. The van der Waals surface area contributed by atoms with Crippen molar-refractivity contribution in [2.24, 2.45) is 11.8 Å². The first-order valence-electron chi connectivity index (χ1n) is 10.2. The molecule has 0 radical (unpaired) electrons. The third-order valence-corrected chi connectivity index (χ3v) is 5.84. The van der Waals surface area contributed by atoms with E-state index in [1.54, 1.807) is 0 Å². The van der Waals surface area contributed by atoms with Crippen molar-refractivity contribution in [3.05, 3.63) is 36.9 Å². The van der Waals surface area contributed by atoms with Crippen LogP contribution in [0.25, 0.3) is 0 Å². The predicted octanol–water partition coefficient (Wildman–Crippen LogP) is 3.53. The molecule has 4 atom stereocenters. The van der Waals surface area contributed by atoms with Crippen LogP contribution in [0.5, 0.6) is 5.75 Å². The molecule has 2 bridgehead atoms. The number of likely N-dealkylation sites (N-methyl/N-ethyl adjacent to an activating group) is 1. The summed E-state index contributed by atoms with van der Waals surface area (Å²) in [4.78, 5) is 16.9. The average Bonchev–Trinajstić information content (AvgIpc) is 2.68. The number of fused-ring (bicyclic) bond motifs is 3. The molecule has 3 aliphatic heterocycles. The molecule has 0 aliphatic carbocycles. The molecule has 6 nitrogen and oxygen atoms in total. The highest BCUT2D eigenvalue weighted by Gasteiger charge is 2.40. The Kier molecular flexibility index (Phi) is 7.25. The van der Waals surface area contributed by atoms with Crippen LogP contribution >= 0.6 is 0 Å². The summed E-state index contributed by atoms with van der Waals surface area (Å²) >= 11 is 0. The summed E-state index contributed by atoms with van der Waals surface area (Å²) in [7, 11) is 2.12. The lowest BCUT2D eigenvalue weighted by molar-refractivity contribution is -0.274. The Balaban J connectivity index is 1.43. The molecule has 3 heterocycles. The van der Waals surface area contributed by atoms with Crippen molar-refractivity contribution in [2.75, 3.05) is 45.1 Å². The molecule has 30 heavy (non-hydrogen) atoms. The maximum Gasteiger partial charge on any atom is 0.573 e. The van der Waals surface area contributed by atoms with Gasteiger partial charge in [0.25, 0.3) is 0 Å². The van der Waals surface area contributed by atoms with E-state index in [0.717, 1.165) is 32.6 Å². The molecule has 0 saturated carbocycles. The third-order valence-electron chi connectivity index (χ3n) is 5.84. The SMILES string of the molecule is C=CCN(C)C[C@@H]1CN2CC[C@H]1C[C@@H]2CNC(=O)Nc1ccc(OC(F)(F)F)cc1. The van der Waals surface area contributed by atoms with Gasteiger partial charge in [0.1, 0.15) is 5.75 Å². The van der Waals surface area contributed by atoms with Gasteiger partial charge in [-0.3, -0.25) is 4.90 Å². The fourth-order valence-corrected chi connectivity index (χ4v) is 4.49. The fourth-order valence-electron chi connectivity index (χ4n) is 4.49. The van der Waals surface area contributed by atoms with Crippen LogP contribution in [0, 0.1) is 11.8 Å². The number of hydrogen-bond donors (Lipinski definition) is 2. The first kappa shape index (κ1) is 22.4. The molecule has 2 N–H and O–H groups in total. The summed E-state index contributed by atoms with van der Waals surface area (Å²) in [5.74, 6) is 0.984. The second-order valence-corrected chi connectivity index (χ2v) is 8.11. The summed E-state index contributed by atoms with van der Waals surface area (Å²) in [6, 6.07) is 5.02. The van der Waals surface area contributed by atoms with E-state index < -0.39 is 6.36 Å². The summed E-state index contributed by atoms with van der Waals surface area (Å²) in [6.07, 6.45) is -0.553. The van der Waals surface area contributed by atoms with Crippen molar-refractivity contribution in [3.8, 4) is 5.75 Å². The summed E-state index contributed by atoms with van der Waals surface area (Å²) in [5.41, 5.74) is 0.401. The monoisotopic (exact) mass is 426 g/mol. The Morgan fingerprint density at radius 2 is 2.10 bits per heavy atom. The minimum Gasteiger partial charge on any atom is -0.406 e. The van der Waals surface area contributed by atoms with E-state index in [1.165, 1.54) is 30.7 Å². The molecule has 166 valence electrons. The largest absolute Gasteiger partial charge is 0.573 e. The van der Waals surface area contributed by atoms with Crippen molar-refractivity contribution in [2.45, 2.75) is 25.2 Å². The number of hydrogen-bond acceptors (Lipinski definition) is 4. The van der Waals surface area contributed by atoms with Crippen molar-refractivity contribution < 1.29 is 22.7 Å². The minimum atomic E-state index is -4.74. The second kappa shape index (κ2) is 9.70. The molecule has 2 amide bonds. The molecule has 3 aliphatic rings. The van der Waals surface area contributed by atoms with Crippen LogP contribution in [-0.4, -0.2) is 68.0 Å². The number of nitrogens with one attached hydrogen (secondary N) is 2. The standard InChI is InChI=1S/C21H29F3N4O2/c1-3-9-27(2)13-16-14-28-10-8-15(16)11-18(28)12-25-20(29)26-17-4-6-19(7-5-17)30-21(22,23)24/h3-7,15-16,18H,1,8-14H2,2H3,(H2,25,26,29)/t15-,16+,18+/m0/s1. The minimum absolute atomic E-state index is 0.318. The number of alkyl halides is 3. The number of anilines is 1. The number of carbonyl (C=O) groups excluding carboxylic acids is 1. The van der Waals surface area contributed by atoms with Crippen LogP contribution in [0.3, 0.4) is 0 Å². The highest BCUT2D eigenvalue weighted by molar-refractivity contribution is 5.89. The molecule has 1 aromatic carbocycles. The van der Waals surface area contributed by atoms with Crippen LogP contribution in [0.4, 0.5) is 23.7 Å². The summed E-state index contributed by atoms with van der Waals surface area (Å²) < 4.78 is 40.4. The first-order chi connectivity index (χ1) is 14.2. The number of ether oxygens (including phenoxy) is 1. The number of urea groups is 1. The predicted molar refractivity (Wildman–Crippen MR) is 109 cm³/mol. The second-order valence-electron chi connectivity index (χ2n) is 8.11. The lowest BCUT2D eigenvalue weighted by atomic mass is 9.75. The van der Waals surface area contributed by atoms with E-state index in [-0.39, 0.29) is 11.8 Å². The van der Waals surface area contributed by atoms with E-state index in [2.05, 4.69) is 38.8 Å². The quantitative estimate of drug-likeness (QED) is 0.625. The summed E-state index contributed by atoms with van der Waals surface area (Å²) in [6.45, 7) is 8.38. The normalized spacial score (nSPS) is 25.8. The van der Waals surface area contributed by atoms with Crippen LogP contribution in [-0.2, 0) is 0 Å². The molecule has 1 aromatic rings. The Bertz CT molecular complexity index is 726. The molecule has 4 rings (SSSR count). The molecule has 3 fully saturated rings. The molecular weight excluding hydrogens is 397 g/mol. The van der Waals surface area contributed by atoms with Crippen molar-refractivity contribution >= 4 is 11.7 Å². The number of carbonyl (C=O) groups is 1. The van der Waals surface area contributed by atoms with Gasteiger partial charge in [-0.15, -0.1) is 19.8 Å². The molecule has 1 unspecified atom stereocenters. The Morgan fingerprint density at radius 3 is 2.70 bits per heavy atom. The van der Waals surface area contributed by atoms with E-state index in [9.17, 15) is 18.0 Å². The van der Waals surface area contributed by atoms with E-state index in [0.29, 0.717) is 30.1 Å². The number of benzene rings is 1. The first-order valence-corrected chi connectivity index (χ1v) is 10.2. The number of halogens is 3. The molecular formula is C21H29F3N4O2. The zero-order valence-electron chi connectivity index (χ0n) is 17.1. The Hall–Kier alpha value is -2.26. The number of amides is 2. The van der Waals surface area contributed by atoms with Gasteiger partial charge in [-0.2, -0.15) is 0 Å². The van der Waals surface area contributed by atoms with Gasteiger partial charge >= 0.3 is 12.4 Å². The van der Waals surface area contributed by atoms with E-state index in [4.69, 9.17) is 0 Å². The third kappa shape index (κ3) is 6.37. The van der Waals surface area contributed by atoms with Crippen LogP contribution < -0.4 is 15.4 Å². The zero-order chi connectivity index (χ0) is 21.7. The smallest absolute Gasteiger partial charge is 0.406 e. The van der Waals surface area contributed by atoms with E-state index in [1.807, 2.05) is 6.08 Å². The van der Waals surface area contributed by atoms with Crippen molar-refractivity contribution in [3.63, 3.8) is 0 Å². The van der Waals surface area contributed by atoms with Gasteiger partial charge in [0.15, 0.2) is 0 Å². The average molecular weight is 426 g/mol. The fraction of sp³-hybridized carbons (Fsp3) is 0.571. The van der Waals surface area contributed by atoms with Gasteiger partial charge in [-0.05, 0) is 62.5 Å². The van der Waals surface area contributed by atoms with Gasteiger partial charge in [0.05, 0.1) is 0 Å². The van der Waals surface area contributed by atoms with E-state index >= 15 is 0 Å². The number of nitrogens with zero attached hydrogens (tertiary/aromatic N) is 2. The molecule has 9 heteroatoms. The maximum absolute atomic E-state index is 12.2. The topological polar surface area (TPSA) is 56.8 Å². The highest BCUT2D eigenvalue weighted by Crippen LogP contribution is 2.36. The van der Waals surface area contributed by atoms with Crippen LogP contribution in [0.15, 0.2) is 36.9 Å². The molecule has 0 spiro atoms. The van der Waals surface area contributed by atoms with Gasteiger partial charge in [-0.1, -0.05) is 6.08 Å². The Labute approximate surface area is 175 Å². The van der Waals surface area contributed by atoms with Gasteiger partial charge in [-0.25, -0.2) is 4.79 Å². The lowest BCUT2D eigenvalue weighted by Gasteiger charge is -2.50. The van der Waals surface area contributed by atoms with Crippen LogP contribution in [0.2, 0.25) is 0 Å². The lowest BCUT2D eigenvalue weighted by Crippen LogP contribution is -2.58.